The van der Waals surface area contributed by atoms with Gasteiger partial charge in [-0.15, -0.1) is 0 Å². The highest BCUT2D eigenvalue weighted by Gasteiger charge is 2.44. The summed E-state index contributed by atoms with van der Waals surface area (Å²) < 4.78 is 0. The van der Waals surface area contributed by atoms with Crippen molar-refractivity contribution in [1.29, 1.82) is 0 Å². The Morgan fingerprint density at radius 2 is 0.790 bits per heavy atom. The predicted octanol–water partition coefficient (Wildman–Crippen LogP) is -9.42. The summed E-state index contributed by atoms with van der Waals surface area (Å²) in [6.07, 6.45) is -7.90. The molecule has 698 valence electrons. The molecule has 1 aliphatic heterocycles. The van der Waals surface area contributed by atoms with E-state index in [2.05, 4.69) is 74.4 Å². The van der Waals surface area contributed by atoms with Crippen LogP contribution in [0.4, 0.5) is 0 Å². The number of aliphatic hydroxyl groups is 5. The molecule has 1 aromatic rings. The number of aliphatic hydroxyl groups excluding tert-OH is 5. The molecule has 0 unspecified atom stereocenters. The summed E-state index contributed by atoms with van der Waals surface area (Å²) in [7, 11) is 0. The SMILES string of the molecule is CC(C)C[C@H](NC(=O)[C@@H](NC(=O)[C@@H](NC(=O)[C@H](CC(C)C)NC(=O)[C@@H]1CCCN1C(=O)[C@@H](NC(=O)[C@H](CCC(N)=O)NC(=O)[C@H](CO)NC(=O)[C@H](CCCCN)NC(=O)[C@H](CCC(=O)O)NC(=O)[C@H](CO)NC(=O)[C@@H](N)[C@@H](C)O)[C@@H](C)O)C(C)C)[C@@H](C)O)C(=O)N[C@@H](Cc1ccccc1)C(=O)N[C@@H](CCCCN)C(=O)N[C@@H](CC(N)=O)C(=O)N[C@@H](C)C(=O)O. The van der Waals surface area contributed by atoms with E-state index in [0.29, 0.717) is 12.0 Å². The summed E-state index contributed by atoms with van der Waals surface area (Å²) in [5.74, 6) is -22.6. The lowest BCUT2D eigenvalue weighted by Crippen LogP contribution is -2.63. The number of nitrogens with one attached hydrogen (secondary N) is 14. The third kappa shape index (κ3) is 38.3. The molecule has 0 radical (unpaired) electrons. The van der Waals surface area contributed by atoms with Crippen LogP contribution in [0.15, 0.2) is 30.3 Å². The zero-order chi connectivity index (χ0) is 94.1. The van der Waals surface area contributed by atoms with Crippen LogP contribution in [0.3, 0.4) is 0 Å². The molecule has 1 saturated heterocycles. The smallest absolute Gasteiger partial charge is 0.325 e. The van der Waals surface area contributed by atoms with Gasteiger partial charge in [0, 0.05) is 25.8 Å². The summed E-state index contributed by atoms with van der Waals surface area (Å²) >= 11 is 0. The van der Waals surface area contributed by atoms with Gasteiger partial charge in [-0.1, -0.05) is 71.9 Å². The summed E-state index contributed by atoms with van der Waals surface area (Å²) in [5.41, 5.74) is 28.4. The summed E-state index contributed by atoms with van der Waals surface area (Å²) in [4.78, 5) is 259. The van der Waals surface area contributed by atoms with E-state index in [1.165, 1.54) is 20.8 Å². The van der Waals surface area contributed by atoms with Crippen LogP contribution in [-0.2, 0) is 97.5 Å². The Kier molecular flexibility index (Phi) is 48.4. The molecule has 46 nitrogen and oxygen atoms in total. The second-order valence-electron chi connectivity index (χ2n) is 31.8. The molecule has 1 fully saturated rings. The molecule has 0 aliphatic carbocycles. The fourth-order valence-corrected chi connectivity index (χ4v) is 12.7. The molecule has 0 spiro atoms. The van der Waals surface area contributed by atoms with Crippen LogP contribution < -0.4 is 103 Å². The molecule has 1 heterocycles. The zero-order valence-corrected chi connectivity index (χ0v) is 71.7. The highest BCUT2D eigenvalue weighted by atomic mass is 16.4. The number of aliphatic carboxylic acids is 2. The Balaban J connectivity index is 2.46. The topological polar surface area (TPSA) is 768 Å². The Morgan fingerprint density at radius 3 is 1.23 bits per heavy atom. The van der Waals surface area contributed by atoms with Crippen molar-refractivity contribution in [3.05, 3.63) is 35.9 Å². The van der Waals surface area contributed by atoms with Gasteiger partial charge >= 0.3 is 11.9 Å². The van der Waals surface area contributed by atoms with E-state index in [0.717, 1.165) is 25.7 Å². The van der Waals surface area contributed by atoms with Gasteiger partial charge < -0.3 is 144 Å². The maximum Gasteiger partial charge on any atom is 0.325 e. The van der Waals surface area contributed by atoms with Crippen LogP contribution in [0.1, 0.15) is 171 Å². The van der Waals surface area contributed by atoms with Crippen molar-refractivity contribution in [2.75, 3.05) is 32.8 Å². The molecular weight excluding hydrogens is 1630 g/mol. The highest BCUT2D eigenvalue weighted by molar-refractivity contribution is 6.02. The summed E-state index contributed by atoms with van der Waals surface area (Å²) in [6, 6.07) is -18.1. The number of benzene rings is 1. The van der Waals surface area contributed by atoms with Gasteiger partial charge in [-0.2, -0.15) is 0 Å². The van der Waals surface area contributed by atoms with Gasteiger partial charge in [0.05, 0.1) is 37.9 Å². The minimum Gasteiger partial charge on any atom is -0.481 e. The number of hydrogen-bond donors (Lipinski definition) is 26. The lowest BCUT2D eigenvalue weighted by Gasteiger charge is -2.32. The average molecular weight is 1760 g/mol. The van der Waals surface area contributed by atoms with Crippen molar-refractivity contribution < 1.29 is 127 Å². The molecule has 1 aromatic carbocycles. The number of unbranched alkanes of at least 4 members (excludes halogenated alkanes) is 2. The Bertz CT molecular complexity index is 3780. The van der Waals surface area contributed by atoms with E-state index in [1.54, 1.807) is 58.0 Å². The van der Waals surface area contributed by atoms with Crippen LogP contribution in [0, 0.1) is 17.8 Å². The largest absolute Gasteiger partial charge is 0.481 e. The van der Waals surface area contributed by atoms with Crippen LogP contribution >= 0.6 is 0 Å². The van der Waals surface area contributed by atoms with Gasteiger partial charge in [0.25, 0.3) is 0 Å². The first-order valence-electron chi connectivity index (χ1n) is 41.2. The predicted molar refractivity (Wildman–Crippen MR) is 441 cm³/mol. The number of primary amides is 2. The number of carbonyl (C=O) groups is 19. The first-order chi connectivity index (χ1) is 58.1. The van der Waals surface area contributed by atoms with Gasteiger partial charge in [-0.25, -0.2) is 0 Å². The van der Waals surface area contributed by atoms with Gasteiger partial charge in [-0.05, 0) is 141 Å². The van der Waals surface area contributed by atoms with Crippen LogP contribution in [0.5, 0.6) is 0 Å². The van der Waals surface area contributed by atoms with E-state index in [1.807, 2.05) is 0 Å². The number of nitrogens with two attached hydrogens (primary N) is 5. The molecule has 2 rings (SSSR count). The normalized spacial score (nSPS) is 16.9. The van der Waals surface area contributed by atoms with Crippen LogP contribution in [-0.4, -0.2) is 301 Å². The second-order valence-corrected chi connectivity index (χ2v) is 31.8. The van der Waals surface area contributed by atoms with Crippen molar-refractivity contribution in [2.24, 2.45) is 46.4 Å². The first-order valence-corrected chi connectivity index (χ1v) is 41.2. The molecule has 0 aromatic heterocycles. The molecule has 46 heteroatoms. The molecule has 0 saturated carbocycles. The molecule has 19 atom stereocenters. The van der Waals surface area contributed by atoms with Crippen molar-refractivity contribution in [1.82, 2.24) is 79.3 Å². The number of hydrogen-bond acceptors (Lipinski definition) is 27. The minimum atomic E-state index is -1.98. The van der Waals surface area contributed by atoms with Gasteiger partial charge in [0.2, 0.25) is 100 Å². The number of likely N-dealkylation sites (tertiary alicyclic amines) is 1. The third-order valence-corrected chi connectivity index (χ3v) is 19.8. The van der Waals surface area contributed by atoms with Gasteiger partial charge in [0.15, 0.2) is 0 Å². The maximum atomic E-state index is 14.6. The lowest BCUT2D eigenvalue weighted by atomic mass is 9.98. The van der Waals surface area contributed by atoms with Crippen molar-refractivity contribution in [2.45, 2.75) is 287 Å². The lowest BCUT2D eigenvalue weighted by molar-refractivity contribution is -0.145. The summed E-state index contributed by atoms with van der Waals surface area (Å²) in [5, 5.41) is 105. The highest BCUT2D eigenvalue weighted by Crippen LogP contribution is 2.22. The fourth-order valence-electron chi connectivity index (χ4n) is 12.7. The maximum absolute atomic E-state index is 14.6. The van der Waals surface area contributed by atoms with E-state index < -0.39 is 279 Å². The molecule has 17 amide bonds. The number of amides is 17. The van der Waals surface area contributed by atoms with Crippen LogP contribution in [0.2, 0.25) is 0 Å². The van der Waals surface area contributed by atoms with Crippen LogP contribution in [0.25, 0.3) is 0 Å². The van der Waals surface area contributed by atoms with Crippen molar-refractivity contribution in [3.8, 4) is 0 Å². The zero-order valence-electron chi connectivity index (χ0n) is 71.7. The summed E-state index contributed by atoms with van der Waals surface area (Å²) in [6.45, 7) is 12.2. The van der Waals surface area contributed by atoms with Gasteiger partial charge in [0.1, 0.15) is 96.7 Å². The molecule has 0 bridgehead atoms. The molecule has 124 heavy (non-hydrogen) atoms. The monoisotopic (exact) mass is 1760 g/mol. The molecule has 31 N–H and O–H groups in total. The number of carbonyl (C=O) groups excluding carboxylic acids is 17. The number of rotatable bonds is 58. The first kappa shape index (κ1) is 109. The quantitative estimate of drug-likeness (QED) is 0.0269. The average Bonchev–Trinajstić information content (AvgIpc) is 1.64. The fraction of sp³-hybridized carbons (Fsp3) is 0.679. The van der Waals surface area contributed by atoms with Crippen molar-refractivity contribution in [3.63, 3.8) is 0 Å². The number of carboxylic acid groups (broad SMARTS) is 2. The second kappa shape index (κ2) is 55.1. The van der Waals surface area contributed by atoms with Gasteiger partial charge in [-0.3, -0.25) is 91.1 Å². The number of carboxylic acids is 2. The van der Waals surface area contributed by atoms with E-state index in [4.69, 9.17) is 28.7 Å². The van der Waals surface area contributed by atoms with E-state index in [-0.39, 0.29) is 95.7 Å². The Morgan fingerprint density at radius 1 is 0.411 bits per heavy atom. The third-order valence-electron chi connectivity index (χ3n) is 19.8. The molecular formula is C78H130N20O26. The Hall–Kier alpha value is -11.2. The standard InChI is InChI=1S/C78H130N20O26/c1-37(2)31-49(68(113)89-51(33-44-19-12-11-13-20-44)69(114)86-45(21-14-16-28-79)63(108)90-52(34-57(82)105)67(112)84-40(7)78(123)124)92-76(121)61(42(9)102)96-75(120)60(39(5)6)95-70(115)50(32-38(3)4)91-73(118)55-23-18-30-98(55)77(122)62(43(10)103)97-66(111)47(24-26-56(81)104)87-71(116)53(35-99)93-64(109)46(22-15-17-29-80)85-65(110)48(25-27-58(106)107)88-72(117)54(36-100)94-74(119)59(83)41(8)101/h11-13,19-20,37-43,45-55,59-62,99-103H,14-18,21-36,79-80,83H2,1-10H3,(H2,81,104)(H2,82,105)(H,84,112)(H,85,110)(H,86,114)(H,87,116)(H,88,117)(H,89,113)(H,90,108)(H,91,118)(H,92,121)(H,93,109)(H,94,119)(H,95,115)(H,96,120)(H,97,111)(H,106,107)(H,123,124)/t40-,41+,42+,43+,45-,46-,47-,48-,49-,50-,51-,52-,53-,54-,55-,59-,60-,61-,62-/m0/s1. The van der Waals surface area contributed by atoms with E-state index in [9.17, 15) is 127 Å². The number of nitrogens with zero attached hydrogens (tertiary/aromatic N) is 1. The van der Waals surface area contributed by atoms with Crippen molar-refractivity contribution >= 4 is 112 Å². The van der Waals surface area contributed by atoms with E-state index >= 15 is 0 Å². The molecule has 1 aliphatic rings. The Labute approximate surface area is 717 Å². The minimum absolute atomic E-state index is 0.0431.